The van der Waals surface area contributed by atoms with Crippen LogP contribution >= 0.6 is 0 Å². The molecule has 0 amide bonds. The summed E-state index contributed by atoms with van der Waals surface area (Å²) in [5.74, 6) is -7.90. The zero-order chi connectivity index (χ0) is 18.2. The predicted octanol–water partition coefficient (Wildman–Crippen LogP) is 3.82. The van der Waals surface area contributed by atoms with Crippen LogP contribution in [0.1, 0.15) is 46.0 Å². The van der Waals surface area contributed by atoms with E-state index in [1.165, 1.54) is 6.92 Å². The van der Waals surface area contributed by atoms with Crippen molar-refractivity contribution < 1.29 is 36.6 Å². The lowest BCUT2D eigenvalue weighted by Crippen LogP contribution is -2.44. The number of ether oxygens (including phenoxy) is 3. The number of hydrogen-bond donors (Lipinski definition) is 0. The molecule has 1 fully saturated rings. The van der Waals surface area contributed by atoms with Gasteiger partial charge in [0, 0.05) is 26.2 Å². The smallest absolute Gasteiger partial charge is 0.306 e. The van der Waals surface area contributed by atoms with Gasteiger partial charge in [0.15, 0.2) is 6.10 Å². The van der Waals surface area contributed by atoms with Crippen molar-refractivity contribution in [2.75, 3.05) is 26.4 Å². The molecule has 0 N–H and O–H groups in total. The molecule has 0 bridgehead atoms. The predicted molar refractivity (Wildman–Crippen MR) is 79.3 cm³/mol. The molecule has 1 heterocycles. The van der Waals surface area contributed by atoms with E-state index >= 15 is 0 Å². The van der Waals surface area contributed by atoms with Crippen molar-refractivity contribution in [2.45, 2.75) is 63.9 Å². The monoisotopic (exact) mass is 358 g/mol. The lowest BCUT2D eigenvalue weighted by Gasteiger charge is -2.29. The molecular weight excluding hydrogens is 332 g/mol. The molecule has 4 nitrogen and oxygen atoms in total. The van der Waals surface area contributed by atoms with E-state index in [0.29, 0.717) is 32.5 Å². The van der Waals surface area contributed by atoms with Gasteiger partial charge in [-0.25, -0.2) is 17.6 Å². The first-order chi connectivity index (χ1) is 11.1. The zero-order valence-electron chi connectivity index (χ0n) is 14.2. The first-order valence-corrected chi connectivity index (χ1v) is 8.24. The van der Waals surface area contributed by atoms with E-state index in [2.05, 4.69) is 4.74 Å². The highest BCUT2D eigenvalue weighted by atomic mass is 19.3. The molecule has 142 valence electrons. The third kappa shape index (κ3) is 8.28. The summed E-state index contributed by atoms with van der Waals surface area (Å²) < 4.78 is 69.0. The molecule has 1 aliphatic rings. The van der Waals surface area contributed by atoms with Crippen LogP contribution in [0.25, 0.3) is 0 Å². The first-order valence-electron chi connectivity index (χ1n) is 8.24. The highest BCUT2D eigenvalue weighted by molar-refractivity contribution is 5.69. The van der Waals surface area contributed by atoms with Crippen LogP contribution in [-0.2, 0) is 19.0 Å². The number of hydrogen-bond acceptors (Lipinski definition) is 4. The maximum absolute atomic E-state index is 14.0. The highest BCUT2D eigenvalue weighted by Gasteiger charge is 2.48. The second-order valence-electron chi connectivity index (χ2n) is 6.26. The average molecular weight is 358 g/mol. The van der Waals surface area contributed by atoms with Crippen molar-refractivity contribution in [3.63, 3.8) is 0 Å². The normalized spacial score (nSPS) is 18.4. The molecule has 0 aromatic heterocycles. The van der Waals surface area contributed by atoms with Crippen LogP contribution in [0.2, 0.25) is 0 Å². The van der Waals surface area contributed by atoms with E-state index < -0.39 is 36.9 Å². The summed E-state index contributed by atoms with van der Waals surface area (Å²) in [6.45, 7) is 2.81. The van der Waals surface area contributed by atoms with Crippen molar-refractivity contribution >= 4 is 5.97 Å². The Kier molecular flexibility index (Phi) is 8.42. The van der Waals surface area contributed by atoms with Gasteiger partial charge in [0.25, 0.3) is 11.8 Å². The Hall–Kier alpha value is -0.890. The number of halogens is 4. The van der Waals surface area contributed by atoms with Crippen LogP contribution in [0.15, 0.2) is 0 Å². The minimum absolute atomic E-state index is 0.114. The van der Waals surface area contributed by atoms with Gasteiger partial charge in [-0.15, -0.1) is 0 Å². The lowest BCUT2D eigenvalue weighted by atomic mass is 9.97. The summed E-state index contributed by atoms with van der Waals surface area (Å²) in [5.41, 5.74) is 0. The van der Waals surface area contributed by atoms with Crippen LogP contribution < -0.4 is 0 Å². The minimum Gasteiger partial charge on any atom is -0.453 e. The molecule has 1 unspecified atom stereocenters. The van der Waals surface area contributed by atoms with Gasteiger partial charge in [-0.1, -0.05) is 6.92 Å². The average Bonchev–Trinajstić information content (AvgIpc) is 2.48. The molecule has 0 aromatic carbocycles. The van der Waals surface area contributed by atoms with Crippen molar-refractivity contribution in [1.29, 1.82) is 0 Å². The van der Waals surface area contributed by atoms with Gasteiger partial charge in [0.2, 0.25) is 0 Å². The van der Waals surface area contributed by atoms with Crippen molar-refractivity contribution in [2.24, 2.45) is 5.92 Å². The van der Waals surface area contributed by atoms with Gasteiger partial charge < -0.3 is 14.2 Å². The van der Waals surface area contributed by atoms with E-state index in [0.717, 1.165) is 12.8 Å². The Morgan fingerprint density at radius 2 is 1.88 bits per heavy atom. The lowest BCUT2D eigenvalue weighted by molar-refractivity contribution is -0.200. The molecule has 1 aliphatic heterocycles. The van der Waals surface area contributed by atoms with Crippen LogP contribution in [0.3, 0.4) is 0 Å². The van der Waals surface area contributed by atoms with Gasteiger partial charge in [-0.2, -0.15) is 0 Å². The van der Waals surface area contributed by atoms with Crippen molar-refractivity contribution in [1.82, 2.24) is 0 Å². The molecule has 0 radical (unpaired) electrons. The summed E-state index contributed by atoms with van der Waals surface area (Å²) in [4.78, 5) is 11.3. The van der Waals surface area contributed by atoms with Gasteiger partial charge in [0.05, 0.1) is 13.0 Å². The maximum Gasteiger partial charge on any atom is 0.306 e. The van der Waals surface area contributed by atoms with Gasteiger partial charge in [-0.3, -0.25) is 4.79 Å². The Morgan fingerprint density at radius 1 is 1.25 bits per heavy atom. The molecule has 1 saturated heterocycles. The Morgan fingerprint density at radius 3 is 2.42 bits per heavy atom. The molecule has 0 spiro atoms. The Bertz CT molecular complexity index is 379. The molecular formula is C16H26F4O4. The van der Waals surface area contributed by atoms with Gasteiger partial charge in [0.1, 0.15) is 0 Å². The van der Waals surface area contributed by atoms with Crippen LogP contribution in [0.4, 0.5) is 17.6 Å². The SMILES string of the molecule is CCC(=O)OC(COCCC1CCOCC1)C(F)(F)CC(C)(F)F. The Labute approximate surface area is 139 Å². The molecule has 1 rings (SSSR count). The van der Waals surface area contributed by atoms with Crippen LogP contribution in [0, 0.1) is 5.92 Å². The van der Waals surface area contributed by atoms with E-state index in [4.69, 9.17) is 9.47 Å². The second-order valence-corrected chi connectivity index (χ2v) is 6.26. The summed E-state index contributed by atoms with van der Waals surface area (Å²) >= 11 is 0. The third-order valence-electron chi connectivity index (χ3n) is 3.86. The summed E-state index contributed by atoms with van der Waals surface area (Å²) in [7, 11) is 0. The number of carbonyl (C=O) groups excluding carboxylic acids is 1. The minimum atomic E-state index is -3.86. The summed E-state index contributed by atoms with van der Waals surface area (Å²) in [5, 5.41) is 0. The third-order valence-corrected chi connectivity index (χ3v) is 3.86. The molecule has 24 heavy (non-hydrogen) atoms. The largest absolute Gasteiger partial charge is 0.453 e. The van der Waals surface area contributed by atoms with Crippen LogP contribution in [-0.4, -0.2) is 50.3 Å². The zero-order valence-corrected chi connectivity index (χ0v) is 14.2. The van der Waals surface area contributed by atoms with Gasteiger partial charge >= 0.3 is 5.97 Å². The van der Waals surface area contributed by atoms with E-state index in [-0.39, 0.29) is 13.0 Å². The number of alkyl halides is 4. The quantitative estimate of drug-likeness (QED) is 0.338. The molecule has 8 heteroatoms. The fourth-order valence-corrected chi connectivity index (χ4v) is 2.49. The van der Waals surface area contributed by atoms with E-state index in [9.17, 15) is 22.4 Å². The fourth-order valence-electron chi connectivity index (χ4n) is 2.49. The van der Waals surface area contributed by atoms with Crippen LogP contribution in [0.5, 0.6) is 0 Å². The summed E-state index contributed by atoms with van der Waals surface area (Å²) in [6.07, 6.45) is -1.37. The number of rotatable bonds is 10. The first kappa shape index (κ1) is 21.2. The molecule has 0 saturated carbocycles. The molecule has 0 aliphatic carbocycles. The van der Waals surface area contributed by atoms with E-state index in [1.54, 1.807) is 0 Å². The highest BCUT2D eigenvalue weighted by Crippen LogP contribution is 2.34. The van der Waals surface area contributed by atoms with E-state index in [1.807, 2.05) is 0 Å². The topological polar surface area (TPSA) is 44.8 Å². The number of carbonyl (C=O) groups is 1. The maximum atomic E-state index is 14.0. The fraction of sp³-hybridized carbons (Fsp3) is 0.938. The molecule has 1 atom stereocenters. The van der Waals surface area contributed by atoms with Gasteiger partial charge in [-0.05, 0) is 32.1 Å². The molecule has 0 aromatic rings. The summed E-state index contributed by atoms with van der Waals surface area (Å²) in [6, 6.07) is 0. The van der Waals surface area contributed by atoms with Crippen molar-refractivity contribution in [3.8, 4) is 0 Å². The Balaban J connectivity index is 2.50. The standard InChI is InChI=1S/C16H26F4O4/c1-3-14(21)24-13(16(19,20)11-15(2,17)18)10-23-9-6-12-4-7-22-8-5-12/h12-13H,3-11H2,1-2H3. The second kappa shape index (κ2) is 9.56. The van der Waals surface area contributed by atoms with Crippen molar-refractivity contribution in [3.05, 3.63) is 0 Å². The number of esters is 1.